The summed E-state index contributed by atoms with van der Waals surface area (Å²) >= 11 is 0. The van der Waals surface area contributed by atoms with Crippen molar-refractivity contribution in [2.75, 3.05) is 41.6 Å². The largest absolute Gasteiger partial charge is 0.497 e. The van der Waals surface area contributed by atoms with Gasteiger partial charge in [-0.3, -0.25) is 0 Å². The van der Waals surface area contributed by atoms with Crippen molar-refractivity contribution in [3.8, 4) is 11.5 Å². The molecular formula is C16H25NO4. The van der Waals surface area contributed by atoms with E-state index in [1.165, 1.54) is 0 Å². The highest BCUT2D eigenvalue weighted by atomic mass is 16.5. The van der Waals surface area contributed by atoms with Gasteiger partial charge in [-0.15, -0.1) is 0 Å². The minimum Gasteiger partial charge on any atom is -0.497 e. The van der Waals surface area contributed by atoms with E-state index in [9.17, 15) is 0 Å². The van der Waals surface area contributed by atoms with Gasteiger partial charge in [0.15, 0.2) is 0 Å². The number of hydrogen-bond acceptors (Lipinski definition) is 5. The van der Waals surface area contributed by atoms with Gasteiger partial charge >= 0.3 is 0 Å². The maximum Gasteiger partial charge on any atom is 0.124 e. The second-order valence-corrected chi connectivity index (χ2v) is 5.21. The minimum absolute atomic E-state index is 0.0106. The Morgan fingerprint density at radius 3 is 2.38 bits per heavy atom. The topological polar surface area (TPSA) is 49.0 Å². The van der Waals surface area contributed by atoms with Crippen LogP contribution in [0.15, 0.2) is 18.2 Å². The first-order valence-electron chi connectivity index (χ1n) is 7.23. The monoisotopic (exact) mass is 295 g/mol. The van der Waals surface area contributed by atoms with E-state index in [2.05, 4.69) is 5.32 Å². The summed E-state index contributed by atoms with van der Waals surface area (Å²) in [5, 5.41) is 3.39. The number of benzene rings is 1. The molecule has 1 aromatic carbocycles. The van der Waals surface area contributed by atoms with E-state index < -0.39 is 0 Å². The molecule has 0 amide bonds. The molecule has 0 radical (unpaired) electrons. The number of ether oxygens (including phenoxy) is 4. The summed E-state index contributed by atoms with van der Waals surface area (Å²) in [6.07, 6.45) is 1.69. The van der Waals surface area contributed by atoms with Crippen LogP contribution >= 0.6 is 0 Å². The van der Waals surface area contributed by atoms with Crippen LogP contribution in [0.2, 0.25) is 0 Å². The van der Waals surface area contributed by atoms with Crippen LogP contribution in [0, 0.1) is 0 Å². The molecule has 5 heteroatoms. The van der Waals surface area contributed by atoms with E-state index in [-0.39, 0.29) is 11.6 Å². The highest BCUT2D eigenvalue weighted by molar-refractivity contribution is 5.43. The first-order valence-corrected chi connectivity index (χ1v) is 7.23. The molecule has 1 unspecified atom stereocenters. The van der Waals surface area contributed by atoms with Gasteiger partial charge in [-0.1, -0.05) is 0 Å². The van der Waals surface area contributed by atoms with Crippen LogP contribution in [0.3, 0.4) is 0 Å². The molecule has 1 aromatic rings. The fourth-order valence-corrected chi connectivity index (χ4v) is 3.09. The Labute approximate surface area is 126 Å². The smallest absolute Gasteiger partial charge is 0.124 e. The second kappa shape index (κ2) is 7.11. The van der Waals surface area contributed by atoms with Crippen molar-refractivity contribution in [3.63, 3.8) is 0 Å². The highest BCUT2D eigenvalue weighted by Gasteiger charge is 2.42. The summed E-state index contributed by atoms with van der Waals surface area (Å²) in [6, 6.07) is 5.85. The molecule has 2 rings (SSSR count). The lowest BCUT2D eigenvalue weighted by Gasteiger charge is -2.42. The zero-order valence-corrected chi connectivity index (χ0v) is 13.3. The molecule has 0 aliphatic carbocycles. The first kappa shape index (κ1) is 16.1. The van der Waals surface area contributed by atoms with Crippen LogP contribution in [0.4, 0.5) is 0 Å². The maximum absolute atomic E-state index is 5.92. The van der Waals surface area contributed by atoms with Crippen LogP contribution in [-0.2, 0) is 9.47 Å². The van der Waals surface area contributed by atoms with E-state index in [0.29, 0.717) is 13.2 Å². The van der Waals surface area contributed by atoms with Gasteiger partial charge in [0.1, 0.15) is 11.5 Å². The third-order valence-corrected chi connectivity index (χ3v) is 4.31. The average Bonchev–Trinajstić information content (AvgIpc) is 2.56. The predicted molar refractivity (Wildman–Crippen MR) is 81.1 cm³/mol. The van der Waals surface area contributed by atoms with Gasteiger partial charge < -0.3 is 24.3 Å². The Hall–Kier alpha value is -1.30. The van der Waals surface area contributed by atoms with E-state index in [1.807, 2.05) is 25.2 Å². The van der Waals surface area contributed by atoms with Crippen LogP contribution in [0.25, 0.3) is 0 Å². The fraction of sp³-hybridized carbons (Fsp3) is 0.625. The molecule has 0 spiro atoms. The minimum atomic E-state index is -0.299. The van der Waals surface area contributed by atoms with E-state index in [0.717, 1.165) is 29.9 Å². The molecule has 21 heavy (non-hydrogen) atoms. The Morgan fingerprint density at radius 2 is 1.86 bits per heavy atom. The van der Waals surface area contributed by atoms with Gasteiger partial charge in [-0.2, -0.15) is 0 Å². The molecule has 5 nitrogen and oxygen atoms in total. The molecule has 0 bridgehead atoms. The zero-order valence-electron chi connectivity index (χ0n) is 13.3. The van der Waals surface area contributed by atoms with Gasteiger partial charge in [-0.25, -0.2) is 0 Å². The molecule has 1 aliphatic rings. The molecule has 1 N–H and O–H groups in total. The van der Waals surface area contributed by atoms with E-state index in [1.54, 1.807) is 21.3 Å². The van der Waals surface area contributed by atoms with Gasteiger partial charge in [0.2, 0.25) is 0 Å². The Morgan fingerprint density at radius 1 is 1.14 bits per heavy atom. The standard InChI is InChI=1S/C16H25NO4/c1-17-15(16(20-4)7-9-21-10-8-16)13-11-12(18-2)5-6-14(13)19-3/h5-6,11,15,17H,7-10H2,1-4H3. The SMILES string of the molecule is CNC(c1cc(OC)ccc1OC)C1(OC)CCOCC1. The molecule has 0 aromatic heterocycles. The lowest BCUT2D eigenvalue weighted by molar-refractivity contribution is -0.110. The number of hydrogen-bond donors (Lipinski definition) is 1. The van der Waals surface area contributed by atoms with Crippen LogP contribution in [0.1, 0.15) is 24.4 Å². The molecule has 1 aliphatic heterocycles. The van der Waals surface area contributed by atoms with Crippen LogP contribution < -0.4 is 14.8 Å². The molecule has 0 saturated carbocycles. The summed E-state index contributed by atoms with van der Waals surface area (Å²) in [5.41, 5.74) is 0.746. The molecule has 118 valence electrons. The lowest BCUT2D eigenvalue weighted by atomic mass is 9.81. The number of methoxy groups -OCH3 is 3. The Balaban J connectivity index is 2.43. The van der Waals surface area contributed by atoms with Crippen molar-refractivity contribution in [2.45, 2.75) is 24.5 Å². The van der Waals surface area contributed by atoms with E-state index in [4.69, 9.17) is 18.9 Å². The Bertz CT molecular complexity index is 458. The molecule has 1 atom stereocenters. The van der Waals surface area contributed by atoms with Gasteiger partial charge in [0.05, 0.1) is 25.9 Å². The predicted octanol–water partition coefficient (Wildman–Crippen LogP) is 2.16. The van der Waals surface area contributed by atoms with Crippen molar-refractivity contribution in [2.24, 2.45) is 0 Å². The lowest BCUT2D eigenvalue weighted by Crippen LogP contribution is -2.48. The molecular weight excluding hydrogens is 270 g/mol. The molecule has 1 saturated heterocycles. The quantitative estimate of drug-likeness (QED) is 0.871. The van der Waals surface area contributed by atoms with Crippen molar-refractivity contribution in [1.29, 1.82) is 0 Å². The maximum atomic E-state index is 5.92. The molecule has 1 fully saturated rings. The van der Waals surface area contributed by atoms with Crippen LogP contribution in [0.5, 0.6) is 11.5 Å². The summed E-state index contributed by atoms with van der Waals surface area (Å²) < 4.78 is 22.3. The Kier molecular flexibility index (Phi) is 5.45. The van der Waals surface area contributed by atoms with Gasteiger partial charge in [0.25, 0.3) is 0 Å². The number of likely N-dealkylation sites (N-methyl/N-ethyl adjacent to an activating group) is 1. The summed E-state index contributed by atoms with van der Waals surface area (Å²) in [7, 11) is 7.06. The summed E-state index contributed by atoms with van der Waals surface area (Å²) in [5.74, 6) is 1.64. The second-order valence-electron chi connectivity index (χ2n) is 5.21. The van der Waals surface area contributed by atoms with Gasteiger partial charge in [-0.05, 0) is 25.2 Å². The number of nitrogens with one attached hydrogen (secondary N) is 1. The average molecular weight is 295 g/mol. The van der Waals surface area contributed by atoms with Crippen molar-refractivity contribution < 1.29 is 18.9 Å². The third kappa shape index (κ3) is 3.15. The van der Waals surface area contributed by atoms with Crippen molar-refractivity contribution in [3.05, 3.63) is 23.8 Å². The van der Waals surface area contributed by atoms with Gasteiger partial charge in [0, 0.05) is 38.7 Å². The highest BCUT2D eigenvalue weighted by Crippen LogP contribution is 2.41. The van der Waals surface area contributed by atoms with Crippen molar-refractivity contribution >= 4 is 0 Å². The summed E-state index contributed by atoms with van der Waals surface area (Å²) in [6.45, 7) is 1.41. The first-order chi connectivity index (χ1) is 10.2. The van der Waals surface area contributed by atoms with Crippen molar-refractivity contribution in [1.82, 2.24) is 5.32 Å². The molecule has 1 heterocycles. The zero-order chi connectivity index (χ0) is 15.3. The third-order valence-electron chi connectivity index (χ3n) is 4.31. The van der Waals surface area contributed by atoms with Crippen LogP contribution in [-0.4, -0.2) is 47.2 Å². The normalized spacial score (nSPS) is 19.0. The number of rotatable bonds is 6. The summed E-state index contributed by atoms with van der Waals surface area (Å²) in [4.78, 5) is 0. The van der Waals surface area contributed by atoms with E-state index >= 15 is 0 Å². The fourth-order valence-electron chi connectivity index (χ4n) is 3.09.